The van der Waals surface area contributed by atoms with Gasteiger partial charge < -0.3 is 10.2 Å². The molecule has 0 spiro atoms. The van der Waals surface area contributed by atoms with Gasteiger partial charge >= 0.3 is 0 Å². The zero-order chi connectivity index (χ0) is 19.9. The van der Waals surface area contributed by atoms with Crippen LogP contribution in [0.15, 0.2) is 72.9 Å². The fourth-order valence-corrected chi connectivity index (χ4v) is 2.98. The summed E-state index contributed by atoms with van der Waals surface area (Å²) in [6.07, 6.45) is 1.77. The van der Waals surface area contributed by atoms with E-state index in [1.54, 1.807) is 18.3 Å². The lowest BCUT2D eigenvalue weighted by molar-refractivity contribution is -0.115. The third-order valence-corrected chi connectivity index (χ3v) is 4.40. The summed E-state index contributed by atoms with van der Waals surface area (Å²) >= 11 is 0. The average Bonchev–Trinajstić information content (AvgIpc) is 2.67. The van der Waals surface area contributed by atoms with E-state index >= 15 is 0 Å². The number of halogens is 1. The summed E-state index contributed by atoms with van der Waals surface area (Å²) in [5, 5.41) is 2.81. The van der Waals surface area contributed by atoms with Crippen molar-refractivity contribution >= 4 is 17.4 Å². The predicted octanol–water partition coefficient (Wildman–Crippen LogP) is 4.82. The van der Waals surface area contributed by atoms with E-state index in [-0.39, 0.29) is 24.2 Å². The molecule has 4 nitrogen and oxygen atoms in total. The van der Waals surface area contributed by atoms with Crippen molar-refractivity contribution in [3.8, 4) is 0 Å². The largest absolute Gasteiger partial charge is 0.350 e. The standard InChI is InChI=1S/C23H24FN3O/c1-17(2)27(16-18-7-4-3-5-8-18)22-12-11-21(15-25-22)26-23(28)14-19-9-6-10-20(24)13-19/h3-13,15,17H,14,16H2,1-2H3,(H,26,28). The molecule has 5 heteroatoms. The van der Waals surface area contributed by atoms with Crippen molar-refractivity contribution in [3.63, 3.8) is 0 Å². The molecule has 0 fully saturated rings. The molecule has 1 amide bonds. The molecule has 1 aromatic heterocycles. The van der Waals surface area contributed by atoms with E-state index in [9.17, 15) is 9.18 Å². The van der Waals surface area contributed by atoms with Gasteiger partial charge in [0.1, 0.15) is 11.6 Å². The average molecular weight is 377 g/mol. The third-order valence-electron chi connectivity index (χ3n) is 4.40. The second-order valence-electron chi connectivity index (χ2n) is 6.97. The molecular weight excluding hydrogens is 353 g/mol. The van der Waals surface area contributed by atoms with Crippen LogP contribution >= 0.6 is 0 Å². The Kier molecular flexibility index (Phi) is 6.37. The lowest BCUT2D eigenvalue weighted by atomic mass is 10.1. The fourth-order valence-electron chi connectivity index (χ4n) is 2.98. The number of nitrogens with zero attached hydrogens (tertiary/aromatic N) is 2. The third kappa shape index (κ3) is 5.39. The number of pyridine rings is 1. The fraction of sp³-hybridized carbons (Fsp3) is 0.217. The van der Waals surface area contributed by atoms with Crippen molar-refractivity contribution < 1.29 is 9.18 Å². The highest BCUT2D eigenvalue weighted by Gasteiger charge is 2.13. The van der Waals surface area contributed by atoms with Crippen molar-refractivity contribution in [2.24, 2.45) is 0 Å². The zero-order valence-electron chi connectivity index (χ0n) is 16.1. The van der Waals surface area contributed by atoms with E-state index in [1.165, 1.54) is 17.7 Å². The van der Waals surface area contributed by atoms with Gasteiger partial charge in [-0.3, -0.25) is 4.79 Å². The van der Waals surface area contributed by atoms with Crippen molar-refractivity contribution in [3.05, 3.63) is 89.9 Å². The van der Waals surface area contributed by atoms with E-state index in [1.807, 2.05) is 30.3 Å². The van der Waals surface area contributed by atoms with Crippen LogP contribution in [0, 0.1) is 5.82 Å². The highest BCUT2D eigenvalue weighted by molar-refractivity contribution is 5.92. The Hall–Kier alpha value is -3.21. The van der Waals surface area contributed by atoms with Crippen molar-refractivity contribution in [2.75, 3.05) is 10.2 Å². The van der Waals surface area contributed by atoms with Crippen molar-refractivity contribution in [1.82, 2.24) is 4.98 Å². The number of rotatable bonds is 7. The summed E-state index contributed by atoms with van der Waals surface area (Å²) in [5.41, 5.74) is 2.47. The number of carbonyl (C=O) groups is 1. The first-order valence-corrected chi connectivity index (χ1v) is 9.32. The lowest BCUT2D eigenvalue weighted by Gasteiger charge is -2.28. The number of anilines is 2. The first-order chi connectivity index (χ1) is 13.5. The molecule has 2 aromatic carbocycles. The van der Waals surface area contributed by atoms with Crippen molar-refractivity contribution in [1.29, 1.82) is 0 Å². The van der Waals surface area contributed by atoms with E-state index in [0.717, 1.165) is 12.4 Å². The van der Waals surface area contributed by atoms with Gasteiger partial charge in [-0.25, -0.2) is 9.37 Å². The number of carbonyl (C=O) groups excluding carboxylic acids is 1. The van der Waals surface area contributed by atoms with E-state index in [4.69, 9.17) is 0 Å². The number of hydrogen-bond acceptors (Lipinski definition) is 3. The summed E-state index contributed by atoms with van der Waals surface area (Å²) in [5.74, 6) is 0.302. The van der Waals surface area contributed by atoms with E-state index in [2.05, 4.69) is 41.2 Å². The maximum Gasteiger partial charge on any atom is 0.228 e. The predicted molar refractivity (Wildman–Crippen MR) is 111 cm³/mol. The van der Waals surface area contributed by atoms with Crippen molar-refractivity contribution in [2.45, 2.75) is 32.9 Å². The van der Waals surface area contributed by atoms with Gasteiger partial charge in [0, 0.05) is 12.6 Å². The molecule has 0 aliphatic heterocycles. The molecule has 0 unspecified atom stereocenters. The van der Waals surface area contributed by atoms with E-state index < -0.39 is 0 Å². The Balaban J connectivity index is 1.65. The first-order valence-electron chi connectivity index (χ1n) is 9.32. The Morgan fingerprint density at radius 1 is 1.04 bits per heavy atom. The molecule has 144 valence electrons. The van der Waals surface area contributed by atoms with Crippen LogP contribution < -0.4 is 10.2 Å². The monoisotopic (exact) mass is 377 g/mol. The normalized spacial score (nSPS) is 10.7. The highest BCUT2D eigenvalue weighted by atomic mass is 19.1. The number of benzene rings is 2. The number of aromatic nitrogens is 1. The molecule has 1 heterocycles. The Labute approximate surface area is 165 Å². The molecule has 0 aliphatic rings. The minimum atomic E-state index is -0.344. The van der Waals surface area contributed by atoms with Crippen LogP contribution in [0.3, 0.4) is 0 Å². The first kappa shape index (κ1) is 19.5. The molecule has 0 bridgehead atoms. The smallest absolute Gasteiger partial charge is 0.228 e. The van der Waals surface area contributed by atoms with Gasteiger partial charge in [-0.15, -0.1) is 0 Å². The lowest BCUT2D eigenvalue weighted by Crippen LogP contribution is -2.30. The number of hydrogen-bond donors (Lipinski definition) is 1. The van der Waals surface area contributed by atoms with Gasteiger partial charge in [0.25, 0.3) is 0 Å². The molecule has 0 saturated carbocycles. The summed E-state index contributed by atoms with van der Waals surface area (Å²) in [4.78, 5) is 18.9. The van der Waals surface area contributed by atoms with Crippen LogP contribution in [-0.2, 0) is 17.8 Å². The second kappa shape index (κ2) is 9.13. The van der Waals surface area contributed by atoms with Gasteiger partial charge in [-0.05, 0) is 49.2 Å². The number of amides is 1. The maximum atomic E-state index is 13.2. The summed E-state index contributed by atoms with van der Waals surface area (Å²) in [6.45, 7) is 5.01. The van der Waals surface area contributed by atoms with Gasteiger partial charge in [-0.2, -0.15) is 0 Å². The molecule has 0 saturated heterocycles. The van der Waals surface area contributed by atoms with Crippen LogP contribution in [0.5, 0.6) is 0 Å². The second-order valence-corrected chi connectivity index (χ2v) is 6.97. The maximum absolute atomic E-state index is 13.2. The topological polar surface area (TPSA) is 45.2 Å². The zero-order valence-corrected chi connectivity index (χ0v) is 16.1. The van der Waals surface area contributed by atoms with Crippen LogP contribution in [-0.4, -0.2) is 16.9 Å². The van der Waals surface area contributed by atoms with E-state index in [0.29, 0.717) is 11.3 Å². The summed E-state index contributed by atoms with van der Waals surface area (Å²) in [7, 11) is 0. The summed E-state index contributed by atoms with van der Waals surface area (Å²) < 4.78 is 13.2. The van der Waals surface area contributed by atoms with Crippen LogP contribution in [0.2, 0.25) is 0 Å². The molecule has 0 atom stereocenters. The Morgan fingerprint density at radius 2 is 1.79 bits per heavy atom. The molecular formula is C23H24FN3O. The van der Waals surface area contributed by atoms with Crippen LogP contribution in [0.1, 0.15) is 25.0 Å². The minimum Gasteiger partial charge on any atom is -0.350 e. The molecule has 3 rings (SSSR count). The van der Waals surface area contributed by atoms with Gasteiger partial charge in [-0.1, -0.05) is 42.5 Å². The Morgan fingerprint density at radius 3 is 2.43 bits per heavy atom. The molecule has 3 aromatic rings. The van der Waals surface area contributed by atoms with Gasteiger partial charge in [0.15, 0.2) is 0 Å². The molecule has 0 radical (unpaired) electrons. The SMILES string of the molecule is CC(C)N(Cc1ccccc1)c1ccc(NC(=O)Cc2cccc(F)c2)cn1. The van der Waals surface area contributed by atoms with Crippen LogP contribution in [0.25, 0.3) is 0 Å². The Bertz CT molecular complexity index is 911. The highest BCUT2D eigenvalue weighted by Crippen LogP contribution is 2.20. The van der Waals surface area contributed by atoms with Crippen LogP contribution in [0.4, 0.5) is 15.9 Å². The molecule has 0 aliphatic carbocycles. The molecule has 28 heavy (non-hydrogen) atoms. The number of nitrogens with one attached hydrogen (secondary N) is 1. The van der Waals surface area contributed by atoms with Gasteiger partial charge in [0.05, 0.1) is 18.3 Å². The molecule has 1 N–H and O–H groups in total. The minimum absolute atomic E-state index is 0.117. The summed E-state index contributed by atoms with van der Waals surface area (Å²) in [6, 6.07) is 20.3. The van der Waals surface area contributed by atoms with Gasteiger partial charge in [0.2, 0.25) is 5.91 Å². The quantitative estimate of drug-likeness (QED) is 0.642.